The number of ether oxygens (including phenoxy) is 1. The summed E-state index contributed by atoms with van der Waals surface area (Å²) in [5.41, 5.74) is 0.933. The summed E-state index contributed by atoms with van der Waals surface area (Å²) >= 11 is 0. The smallest absolute Gasteiger partial charge is 0.222 e. The molecule has 1 saturated heterocycles. The Balaban J connectivity index is 2.13. The van der Waals surface area contributed by atoms with Gasteiger partial charge in [0.25, 0.3) is 0 Å². The zero-order chi connectivity index (χ0) is 16.2. The second-order valence-electron chi connectivity index (χ2n) is 6.97. The molecule has 5 heteroatoms. The normalized spacial score (nSPS) is 30.6. The van der Waals surface area contributed by atoms with Gasteiger partial charge in [-0.2, -0.15) is 0 Å². The number of carbonyl (C=O) groups is 2. The summed E-state index contributed by atoms with van der Waals surface area (Å²) < 4.78 is 5.42. The molecule has 2 aliphatic rings. The number of amides is 2. The number of hydrogen-bond acceptors (Lipinski definition) is 3. The van der Waals surface area contributed by atoms with Crippen LogP contribution in [-0.4, -0.2) is 36.6 Å². The predicted molar refractivity (Wildman–Crippen MR) is 85.3 cm³/mol. The first kappa shape index (κ1) is 17.0. The van der Waals surface area contributed by atoms with Crippen molar-refractivity contribution in [3.05, 3.63) is 11.6 Å². The van der Waals surface area contributed by atoms with Crippen LogP contribution in [0.2, 0.25) is 0 Å². The van der Waals surface area contributed by atoms with Gasteiger partial charge in [-0.3, -0.25) is 9.59 Å². The molecule has 1 aliphatic heterocycles. The molecule has 0 spiro atoms. The topological polar surface area (TPSA) is 67.4 Å². The van der Waals surface area contributed by atoms with E-state index in [1.807, 2.05) is 0 Å². The van der Waals surface area contributed by atoms with Gasteiger partial charge in [0, 0.05) is 25.0 Å². The Morgan fingerprint density at radius 1 is 1.18 bits per heavy atom. The second kappa shape index (κ2) is 7.27. The zero-order valence-electron chi connectivity index (χ0n) is 13.9. The van der Waals surface area contributed by atoms with Gasteiger partial charge in [0.05, 0.1) is 12.6 Å². The van der Waals surface area contributed by atoms with Gasteiger partial charge in [0.1, 0.15) is 0 Å². The third-order valence-corrected chi connectivity index (χ3v) is 4.78. The highest BCUT2D eigenvalue weighted by molar-refractivity contribution is 5.77. The summed E-state index contributed by atoms with van der Waals surface area (Å²) in [6.07, 6.45) is 5.53. The first-order valence-corrected chi connectivity index (χ1v) is 8.23. The SMILES string of the molecule is CC1=CC[C@H]2C[C@@H]1NC(=O)CCOCCCC(=O)NC2(C)C. The fourth-order valence-corrected chi connectivity index (χ4v) is 3.19. The number of allylic oxidation sites excluding steroid dienone is 1. The van der Waals surface area contributed by atoms with Gasteiger partial charge in [0.2, 0.25) is 11.8 Å². The van der Waals surface area contributed by atoms with Crippen molar-refractivity contribution >= 4 is 11.8 Å². The van der Waals surface area contributed by atoms with Crippen LogP contribution in [-0.2, 0) is 14.3 Å². The standard InChI is InChI=1S/C17H28N2O3/c1-12-6-7-13-11-14(12)18-15(20)8-10-22-9-4-5-16(21)19-17(13,2)3/h6,13-14H,4-5,7-11H2,1-3H3,(H,18,20)(H,19,21)/t13-,14-/m0/s1. The minimum atomic E-state index is -0.276. The molecule has 0 aromatic heterocycles. The molecule has 124 valence electrons. The molecule has 0 saturated carbocycles. The lowest BCUT2D eigenvalue weighted by Crippen LogP contribution is -2.52. The fraction of sp³-hybridized carbons (Fsp3) is 0.765. The minimum Gasteiger partial charge on any atom is -0.381 e. The highest BCUT2D eigenvalue weighted by atomic mass is 16.5. The third-order valence-electron chi connectivity index (χ3n) is 4.78. The third kappa shape index (κ3) is 4.57. The van der Waals surface area contributed by atoms with E-state index in [-0.39, 0.29) is 23.4 Å². The van der Waals surface area contributed by atoms with Crippen molar-refractivity contribution in [2.75, 3.05) is 13.2 Å². The van der Waals surface area contributed by atoms with E-state index in [2.05, 4.69) is 37.5 Å². The van der Waals surface area contributed by atoms with Gasteiger partial charge < -0.3 is 15.4 Å². The van der Waals surface area contributed by atoms with E-state index in [9.17, 15) is 9.59 Å². The van der Waals surface area contributed by atoms with Gasteiger partial charge in [-0.25, -0.2) is 0 Å². The van der Waals surface area contributed by atoms with E-state index in [0.717, 1.165) is 12.8 Å². The summed E-state index contributed by atoms with van der Waals surface area (Å²) in [6, 6.07) is 0.0605. The number of carbonyl (C=O) groups excluding carboxylic acids is 2. The van der Waals surface area contributed by atoms with Gasteiger partial charge in [-0.05, 0) is 46.0 Å². The average molecular weight is 308 g/mol. The highest BCUT2D eigenvalue weighted by Crippen LogP contribution is 2.32. The molecule has 0 aromatic rings. The Labute approximate surface area is 132 Å². The van der Waals surface area contributed by atoms with Crippen LogP contribution in [0, 0.1) is 5.92 Å². The van der Waals surface area contributed by atoms with Crippen LogP contribution in [0.25, 0.3) is 0 Å². The van der Waals surface area contributed by atoms with Crippen LogP contribution in [0.4, 0.5) is 0 Å². The number of fused-ring (bicyclic) bond motifs is 2. The molecular formula is C17H28N2O3. The summed E-state index contributed by atoms with van der Waals surface area (Å²) in [6.45, 7) is 7.15. The van der Waals surface area contributed by atoms with Crippen molar-refractivity contribution in [3.63, 3.8) is 0 Å². The zero-order valence-corrected chi connectivity index (χ0v) is 13.9. The Kier molecular flexibility index (Phi) is 5.62. The average Bonchev–Trinajstić information content (AvgIpc) is 2.43. The van der Waals surface area contributed by atoms with Crippen molar-refractivity contribution in [1.82, 2.24) is 10.6 Å². The molecule has 2 amide bonds. The maximum absolute atomic E-state index is 12.1. The van der Waals surface area contributed by atoms with E-state index >= 15 is 0 Å². The van der Waals surface area contributed by atoms with Crippen molar-refractivity contribution in [2.24, 2.45) is 5.92 Å². The van der Waals surface area contributed by atoms with E-state index in [1.165, 1.54) is 5.57 Å². The first-order valence-electron chi connectivity index (χ1n) is 8.23. The Morgan fingerprint density at radius 2 is 1.95 bits per heavy atom. The molecule has 2 bridgehead atoms. The monoisotopic (exact) mass is 308 g/mol. The van der Waals surface area contributed by atoms with Crippen molar-refractivity contribution in [2.45, 2.75) is 64.5 Å². The Morgan fingerprint density at radius 3 is 2.73 bits per heavy atom. The molecule has 5 nitrogen and oxygen atoms in total. The quantitative estimate of drug-likeness (QED) is 0.672. The van der Waals surface area contributed by atoms with Crippen LogP contribution < -0.4 is 10.6 Å². The summed E-state index contributed by atoms with van der Waals surface area (Å²) in [5, 5.41) is 6.26. The van der Waals surface area contributed by atoms with Gasteiger partial charge in [-0.15, -0.1) is 0 Å². The lowest BCUT2D eigenvalue weighted by molar-refractivity contribution is -0.125. The second-order valence-corrected chi connectivity index (χ2v) is 6.97. The van der Waals surface area contributed by atoms with Crippen molar-refractivity contribution < 1.29 is 14.3 Å². The number of rotatable bonds is 0. The molecule has 1 fully saturated rings. The van der Waals surface area contributed by atoms with Crippen LogP contribution >= 0.6 is 0 Å². The Hall–Kier alpha value is -1.36. The van der Waals surface area contributed by atoms with Crippen LogP contribution in [0.15, 0.2) is 11.6 Å². The van der Waals surface area contributed by atoms with Gasteiger partial charge in [0.15, 0.2) is 0 Å². The highest BCUT2D eigenvalue weighted by Gasteiger charge is 2.35. The van der Waals surface area contributed by atoms with Crippen LogP contribution in [0.5, 0.6) is 0 Å². The molecule has 1 heterocycles. The van der Waals surface area contributed by atoms with E-state index < -0.39 is 0 Å². The van der Waals surface area contributed by atoms with Crippen molar-refractivity contribution in [3.8, 4) is 0 Å². The summed E-state index contributed by atoms with van der Waals surface area (Å²) in [5.74, 6) is 0.444. The van der Waals surface area contributed by atoms with Gasteiger partial charge >= 0.3 is 0 Å². The maximum atomic E-state index is 12.1. The molecule has 0 radical (unpaired) electrons. The first-order chi connectivity index (χ1) is 10.4. The lowest BCUT2D eigenvalue weighted by atomic mass is 9.75. The van der Waals surface area contributed by atoms with Crippen LogP contribution in [0.3, 0.4) is 0 Å². The lowest BCUT2D eigenvalue weighted by Gasteiger charge is -2.40. The fourth-order valence-electron chi connectivity index (χ4n) is 3.19. The van der Waals surface area contributed by atoms with Crippen LogP contribution in [0.1, 0.15) is 52.9 Å². The molecule has 0 aromatic carbocycles. The Bertz CT molecular complexity index is 457. The van der Waals surface area contributed by atoms with E-state index in [1.54, 1.807) is 0 Å². The minimum absolute atomic E-state index is 0.0392. The molecule has 2 N–H and O–H groups in total. The number of nitrogens with one attached hydrogen (secondary N) is 2. The molecule has 1 aliphatic carbocycles. The summed E-state index contributed by atoms with van der Waals surface area (Å²) in [7, 11) is 0. The molecule has 22 heavy (non-hydrogen) atoms. The van der Waals surface area contributed by atoms with E-state index in [4.69, 9.17) is 4.74 Å². The molecule has 0 unspecified atom stereocenters. The predicted octanol–water partition coefficient (Wildman–Crippen LogP) is 1.92. The molecule has 2 atom stereocenters. The molecular weight excluding hydrogens is 280 g/mol. The van der Waals surface area contributed by atoms with Crippen molar-refractivity contribution in [1.29, 1.82) is 0 Å². The molecule has 2 rings (SSSR count). The largest absolute Gasteiger partial charge is 0.381 e. The number of hydrogen-bond donors (Lipinski definition) is 2. The maximum Gasteiger partial charge on any atom is 0.222 e. The van der Waals surface area contributed by atoms with E-state index in [0.29, 0.717) is 38.4 Å². The summed E-state index contributed by atoms with van der Waals surface area (Å²) in [4.78, 5) is 24.1. The van der Waals surface area contributed by atoms with Gasteiger partial charge in [-0.1, -0.05) is 11.6 Å².